The minimum atomic E-state index is 0.483. The zero-order valence-corrected chi connectivity index (χ0v) is 15.7. The van der Waals surface area contributed by atoms with Gasteiger partial charge in [0.2, 0.25) is 5.82 Å². The number of aromatic nitrogens is 2. The molecule has 0 aliphatic carbocycles. The van der Waals surface area contributed by atoms with Gasteiger partial charge in [0.25, 0.3) is 5.89 Å². The largest absolute Gasteiger partial charge is 0.397 e. The SMILES string of the molecule is CN/C(C)=C(C)\C(C)=C1/CSC(c2nc(-c3ccccc3)no2)=C1N. The molecular formula is C19H22N4OS. The number of hydrogen-bond donors (Lipinski definition) is 2. The van der Waals surface area contributed by atoms with Crippen LogP contribution in [0.2, 0.25) is 0 Å². The molecule has 0 saturated heterocycles. The van der Waals surface area contributed by atoms with Gasteiger partial charge in [-0.3, -0.25) is 0 Å². The molecule has 3 N–H and O–H groups in total. The lowest BCUT2D eigenvalue weighted by molar-refractivity contribution is 0.410. The average molecular weight is 354 g/mol. The average Bonchev–Trinajstić information content (AvgIpc) is 3.27. The Bertz CT molecular complexity index is 878. The summed E-state index contributed by atoms with van der Waals surface area (Å²) in [4.78, 5) is 5.38. The van der Waals surface area contributed by atoms with Crippen LogP contribution in [-0.4, -0.2) is 22.9 Å². The highest BCUT2D eigenvalue weighted by Crippen LogP contribution is 2.41. The summed E-state index contributed by atoms with van der Waals surface area (Å²) in [5.41, 5.74) is 12.7. The number of thioether (sulfide) groups is 1. The Balaban J connectivity index is 1.97. The molecule has 2 heterocycles. The van der Waals surface area contributed by atoms with Gasteiger partial charge in [-0.2, -0.15) is 4.98 Å². The van der Waals surface area contributed by atoms with Gasteiger partial charge in [0.15, 0.2) is 0 Å². The third-order valence-corrected chi connectivity index (χ3v) is 5.65. The Labute approximate surface area is 152 Å². The van der Waals surface area contributed by atoms with Crippen molar-refractivity contribution in [3.8, 4) is 11.4 Å². The predicted molar refractivity (Wildman–Crippen MR) is 103 cm³/mol. The van der Waals surface area contributed by atoms with Crippen LogP contribution in [0.15, 0.2) is 63.0 Å². The quantitative estimate of drug-likeness (QED) is 0.866. The molecular weight excluding hydrogens is 332 g/mol. The van der Waals surface area contributed by atoms with E-state index >= 15 is 0 Å². The van der Waals surface area contributed by atoms with Gasteiger partial charge in [-0.05, 0) is 37.5 Å². The van der Waals surface area contributed by atoms with Crippen molar-refractivity contribution >= 4 is 16.7 Å². The molecule has 1 aromatic carbocycles. The van der Waals surface area contributed by atoms with E-state index < -0.39 is 0 Å². The van der Waals surface area contributed by atoms with Crippen molar-refractivity contribution in [1.82, 2.24) is 15.5 Å². The summed E-state index contributed by atoms with van der Waals surface area (Å²) >= 11 is 1.64. The van der Waals surface area contributed by atoms with Gasteiger partial charge in [-0.15, -0.1) is 11.8 Å². The summed E-state index contributed by atoms with van der Waals surface area (Å²) in [6.07, 6.45) is 0. The zero-order chi connectivity index (χ0) is 18.0. The van der Waals surface area contributed by atoms with E-state index in [4.69, 9.17) is 10.3 Å². The number of rotatable bonds is 4. The number of nitrogens with two attached hydrogens (primary N) is 1. The summed E-state index contributed by atoms with van der Waals surface area (Å²) in [7, 11) is 1.92. The second-order valence-electron chi connectivity index (χ2n) is 5.92. The summed E-state index contributed by atoms with van der Waals surface area (Å²) in [5, 5.41) is 7.28. The third-order valence-electron chi connectivity index (χ3n) is 4.54. The van der Waals surface area contributed by atoms with E-state index in [1.165, 1.54) is 11.1 Å². The molecule has 1 aliphatic heterocycles. The highest BCUT2D eigenvalue weighted by molar-refractivity contribution is 8.08. The number of hydrogen-bond acceptors (Lipinski definition) is 6. The Morgan fingerprint density at radius 1 is 1.20 bits per heavy atom. The first-order chi connectivity index (χ1) is 12.0. The van der Waals surface area contributed by atoms with E-state index in [1.807, 2.05) is 37.4 Å². The summed E-state index contributed by atoms with van der Waals surface area (Å²) in [5.74, 6) is 1.87. The monoisotopic (exact) mass is 354 g/mol. The first-order valence-corrected chi connectivity index (χ1v) is 9.09. The number of nitrogens with zero attached hydrogens (tertiary/aromatic N) is 2. The molecule has 0 amide bonds. The normalized spacial score (nSPS) is 17.6. The van der Waals surface area contributed by atoms with Gasteiger partial charge in [0.05, 0.1) is 10.6 Å². The molecule has 5 nitrogen and oxygen atoms in total. The van der Waals surface area contributed by atoms with E-state index in [9.17, 15) is 0 Å². The van der Waals surface area contributed by atoms with Crippen molar-refractivity contribution in [2.24, 2.45) is 5.73 Å². The van der Waals surface area contributed by atoms with Crippen LogP contribution < -0.4 is 11.1 Å². The molecule has 130 valence electrons. The molecule has 0 fully saturated rings. The van der Waals surface area contributed by atoms with Crippen LogP contribution in [0.1, 0.15) is 26.7 Å². The van der Waals surface area contributed by atoms with Crippen LogP contribution in [0.5, 0.6) is 0 Å². The van der Waals surface area contributed by atoms with Gasteiger partial charge in [0, 0.05) is 24.1 Å². The van der Waals surface area contributed by atoms with Gasteiger partial charge >= 0.3 is 0 Å². The van der Waals surface area contributed by atoms with Crippen molar-refractivity contribution in [3.63, 3.8) is 0 Å². The molecule has 0 saturated carbocycles. The molecule has 2 aromatic rings. The lowest BCUT2D eigenvalue weighted by Crippen LogP contribution is -2.08. The van der Waals surface area contributed by atoms with Crippen LogP contribution in [0, 0.1) is 0 Å². The van der Waals surface area contributed by atoms with Crippen molar-refractivity contribution in [3.05, 3.63) is 64.3 Å². The lowest BCUT2D eigenvalue weighted by atomic mass is 10.00. The molecule has 6 heteroatoms. The highest BCUT2D eigenvalue weighted by Gasteiger charge is 2.26. The maximum atomic E-state index is 6.41. The smallest absolute Gasteiger partial charge is 0.266 e. The highest BCUT2D eigenvalue weighted by atomic mass is 32.2. The number of allylic oxidation sites excluding steroid dienone is 4. The van der Waals surface area contributed by atoms with Gasteiger partial charge in [-0.1, -0.05) is 35.5 Å². The van der Waals surface area contributed by atoms with Crippen molar-refractivity contribution in [2.45, 2.75) is 20.8 Å². The standard InChI is InChI=1S/C19H22N4OS/c1-11(13(3)21-4)12(2)15-10-25-17(16(15)20)19-22-18(23-24-19)14-8-6-5-7-9-14/h5-9,21H,10,20H2,1-4H3/b13-11-,15-12+. The van der Waals surface area contributed by atoms with Crippen molar-refractivity contribution in [1.29, 1.82) is 0 Å². The van der Waals surface area contributed by atoms with Crippen molar-refractivity contribution in [2.75, 3.05) is 12.8 Å². The minimum Gasteiger partial charge on any atom is -0.397 e. The summed E-state index contributed by atoms with van der Waals surface area (Å²) < 4.78 is 5.46. The first-order valence-electron chi connectivity index (χ1n) is 8.10. The summed E-state index contributed by atoms with van der Waals surface area (Å²) in [6, 6.07) is 9.77. The summed E-state index contributed by atoms with van der Waals surface area (Å²) in [6.45, 7) is 6.27. The second kappa shape index (κ2) is 7.19. The second-order valence-corrected chi connectivity index (χ2v) is 6.91. The lowest BCUT2D eigenvalue weighted by Gasteiger charge is -2.11. The van der Waals surface area contributed by atoms with Gasteiger partial charge in [-0.25, -0.2) is 0 Å². The van der Waals surface area contributed by atoms with Crippen molar-refractivity contribution < 1.29 is 4.52 Å². The van der Waals surface area contributed by atoms with Crippen LogP contribution in [-0.2, 0) is 0 Å². The molecule has 0 spiro atoms. The van der Waals surface area contributed by atoms with E-state index in [0.29, 0.717) is 11.7 Å². The number of benzene rings is 1. The Morgan fingerprint density at radius 2 is 1.92 bits per heavy atom. The molecule has 0 unspecified atom stereocenters. The first kappa shape index (κ1) is 17.4. The van der Waals surface area contributed by atoms with E-state index in [-0.39, 0.29) is 0 Å². The maximum absolute atomic E-state index is 6.41. The van der Waals surface area contributed by atoms with Gasteiger partial charge < -0.3 is 15.6 Å². The molecule has 0 radical (unpaired) electrons. The fourth-order valence-electron chi connectivity index (χ4n) is 2.64. The Kier molecular flexibility index (Phi) is 4.99. The van der Waals surface area contributed by atoms with E-state index in [0.717, 1.165) is 33.2 Å². The topological polar surface area (TPSA) is 77.0 Å². The Hall–Kier alpha value is -2.47. The minimum absolute atomic E-state index is 0.483. The third kappa shape index (κ3) is 3.35. The number of nitrogens with one attached hydrogen (secondary N) is 1. The fraction of sp³-hybridized carbons (Fsp3) is 0.263. The van der Waals surface area contributed by atoms with E-state index in [1.54, 1.807) is 11.8 Å². The fourth-order valence-corrected chi connectivity index (χ4v) is 3.79. The predicted octanol–water partition coefficient (Wildman–Crippen LogP) is 3.94. The Morgan fingerprint density at radius 3 is 2.60 bits per heavy atom. The van der Waals surface area contributed by atoms with Crippen LogP contribution >= 0.6 is 11.8 Å². The molecule has 1 aromatic heterocycles. The molecule has 0 atom stereocenters. The molecule has 25 heavy (non-hydrogen) atoms. The van der Waals surface area contributed by atoms with Crippen LogP contribution in [0.4, 0.5) is 0 Å². The van der Waals surface area contributed by atoms with Gasteiger partial charge in [0.1, 0.15) is 0 Å². The van der Waals surface area contributed by atoms with Crippen LogP contribution in [0.3, 0.4) is 0 Å². The zero-order valence-electron chi connectivity index (χ0n) is 14.9. The molecule has 3 rings (SSSR count). The molecule has 0 bridgehead atoms. The molecule has 1 aliphatic rings. The van der Waals surface area contributed by atoms with Crippen LogP contribution in [0.25, 0.3) is 16.3 Å². The van der Waals surface area contributed by atoms with E-state index in [2.05, 4.69) is 36.2 Å². The maximum Gasteiger partial charge on any atom is 0.266 e.